The van der Waals surface area contributed by atoms with Crippen molar-refractivity contribution < 1.29 is 18.7 Å². The first-order chi connectivity index (χ1) is 11.6. The summed E-state index contributed by atoms with van der Waals surface area (Å²) in [6.45, 7) is 2.42. The van der Waals surface area contributed by atoms with Crippen molar-refractivity contribution in [2.75, 3.05) is 6.61 Å². The molecule has 0 aliphatic carbocycles. The van der Waals surface area contributed by atoms with Crippen molar-refractivity contribution in [3.63, 3.8) is 0 Å². The third kappa shape index (κ3) is 5.08. The maximum absolute atomic E-state index is 13.5. The minimum Gasteiger partial charge on any atom is -0.494 e. The van der Waals surface area contributed by atoms with E-state index in [2.05, 4.69) is 10.9 Å². The lowest BCUT2D eigenvalue weighted by Gasteiger charge is -2.08. The summed E-state index contributed by atoms with van der Waals surface area (Å²) in [6.07, 6.45) is 0.335. The third-order valence-corrected chi connectivity index (χ3v) is 3.32. The van der Waals surface area contributed by atoms with E-state index in [1.54, 1.807) is 42.5 Å². The van der Waals surface area contributed by atoms with Crippen LogP contribution in [0.3, 0.4) is 0 Å². The summed E-state index contributed by atoms with van der Waals surface area (Å²) >= 11 is 0. The highest BCUT2D eigenvalue weighted by Crippen LogP contribution is 2.12. The fourth-order valence-electron chi connectivity index (χ4n) is 2.08. The summed E-state index contributed by atoms with van der Waals surface area (Å²) in [5, 5.41) is 0. The van der Waals surface area contributed by atoms with Crippen molar-refractivity contribution in [3.8, 4) is 5.75 Å². The van der Waals surface area contributed by atoms with Crippen molar-refractivity contribution in [2.45, 2.75) is 19.8 Å². The van der Waals surface area contributed by atoms with Gasteiger partial charge in [0.2, 0.25) is 5.91 Å². The van der Waals surface area contributed by atoms with Gasteiger partial charge in [-0.05, 0) is 49.2 Å². The van der Waals surface area contributed by atoms with Gasteiger partial charge in [0.05, 0.1) is 6.61 Å². The molecule has 0 unspecified atom stereocenters. The molecule has 2 aromatic rings. The molecule has 0 atom stereocenters. The molecule has 0 aromatic heterocycles. The van der Waals surface area contributed by atoms with Gasteiger partial charge in [0.15, 0.2) is 0 Å². The Balaban J connectivity index is 1.78. The second-order valence-corrected chi connectivity index (χ2v) is 5.05. The molecule has 0 saturated heterocycles. The number of aryl methyl sites for hydroxylation is 1. The van der Waals surface area contributed by atoms with E-state index < -0.39 is 11.8 Å². The first-order valence-electron chi connectivity index (χ1n) is 7.65. The molecule has 0 aliphatic rings. The zero-order valence-electron chi connectivity index (χ0n) is 13.3. The van der Waals surface area contributed by atoms with E-state index in [0.29, 0.717) is 23.5 Å². The predicted molar refractivity (Wildman–Crippen MR) is 87.9 cm³/mol. The average molecular weight is 330 g/mol. The normalized spacial score (nSPS) is 10.1. The molecule has 0 heterocycles. The summed E-state index contributed by atoms with van der Waals surface area (Å²) in [5.41, 5.74) is 5.51. The van der Waals surface area contributed by atoms with Crippen LogP contribution in [0.15, 0.2) is 48.5 Å². The Bertz CT molecular complexity index is 702. The minimum absolute atomic E-state index is 0.0739. The molecular formula is C18H19FN2O3. The Kier molecular flexibility index (Phi) is 6.31. The predicted octanol–water partition coefficient (Wildman–Crippen LogP) is 2.62. The fourth-order valence-corrected chi connectivity index (χ4v) is 2.08. The van der Waals surface area contributed by atoms with Crippen LogP contribution in [0.5, 0.6) is 5.75 Å². The molecule has 0 aliphatic heterocycles. The molecule has 2 amide bonds. The maximum atomic E-state index is 13.5. The van der Waals surface area contributed by atoms with Gasteiger partial charge in [0, 0.05) is 12.0 Å². The Morgan fingerprint density at radius 1 is 1.04 bits per heavy atom. The zero-order valence-corrected chi connectivity index (χ0v) is 13.3. The lowest BCUT2D eigenvalue weighted by atomic mass is 10.1. The van der Waals surface area contributed by atoms with Crippen LogP contribution in [-0.2, 0) is 11.2 Å². The van der Waals surface area contributed by atoms with Gasteiger partial charge in [-0.25, -0.2) is 4.39 Å². The van der Waals surface area contributed by atoms with E-state index in [9.17, 15) is 14.0 Å². The molecule has 2 rings (SSSR count). The molecule has 0 radical (unpaired) electrons. The molecule has 0 fully saturated rings. The molecule has 6 heteroatoms. The van der Waals surface area contributed by atoms with E-state index in [4.69, 9.17) is 4.74 Å². The van der Waals surface area contributed by atoms with Crippen LogP contribution < -0.4 is 15.6 Å². The SMILES string of the molecule is CCOc1ccc(C(=O)NNC(=O)CCc2ccccc2F)cc1. The Labute approximate surface area is 139 Å². The zero-order chi connectivity index (χ0) is 17.4. The van der Waals surface area contributed by atoms with E-state index in [0.717, 1.165) is 0 Å². The van der Waals surface area contributed by atoms with Crippen LogP contribution in [-0.4, -0.2) is 18.4 Å². The highest BCUT2D eigenvalue weighted by Gasteiger charge is 2.09. The third-order valence-electron chi connectivity index (χ3n) is 3.32. The summed E-state index contributed by atoms with van der Waals surface area (Å²) < 4.78 is 18.7. The van der Waals surface area contributed by atoms with Crippen molar-refractivity contribution >= 4 is 11.8 Å². The van der Waals surface area contributed by atoms with Crippen LogP contribution >= 0.6 is 0 Å². The highest BCUT2D eigenvalue weighted by molar-refractivity contribution is 5.95. The van der Waals surface area contributed by atoms with Crippen LogP contribution in [0.1, 0.15) is 29.3 Å². The lowest BCUT2D eigenvalue weighted by Crippen LogP contribution is -2.41. The molecule has 5 nitrogen and oxygen atoms in total. The minimum atomic E-state index is -0.433. The number of hydrazine groups is 1. The monoisotopic (exact) mass is 330 g/mol. The van der Waals surface area contributed by atoms with Gasteiger partial charge in [-0.2, -0.15) is 0 Å². The van der Waals surface area contributed by atoms with E-state index in [1.165, 1.54) is 6.07 Å². The second-order valence-electron chi connectivity index (χ2n) is 5.05. The lowest BCUT2D eigenvalue weighted by molar-refractivity contribution is -0.121. The maximum Gasteiger partial charge on any atom is 0.269 e. The van der Waals surface area contributed by atoms with Crippen molar-refractivity contribution in [1.29, 1.82) is 0 Å². The number of amides is 2. The van der Waals surface area contributed by atoms with E-state index in [-0.39, 0.29) is 18.7 Å². The summed E-state index contributed by atoms with van der Waals surface area (Å²) in [5.74, 6) is -0.499. The number of ether oxygens (including phenoxy) is 1. The Hall–Kier alpha value is -2.89. The highest BCUT2D eigenvalue weighted by atomic mass is 19.1. The molecule has 24 heavy (non-hydrogen) atoms. The van der Waals surface area contributed by atoms with E-state index in [1.807, 2.05) is 6.92 Å². The first-order valence-corrected chi connectivity index (χ1v) is 7.65. The molecule has 0 spiro atoms. The molecular weight excluding hydrogens is 311 g/mol. The van der Waals surface area contributed by atoms with Gasteiger partial charge in [-0.15, -0.1) is 0 Å². The number of nitrogens with one attached hydrogen (secondary N) is 2. The van der Waals surface area contributed by atoms with Crippen LogP contribution in [0.2, 0.25) is 0 Å². The van der Waals surface area contributed by atoms with E-state index >= 15 is 0 Å². The molecule has 2 N–H and O–H groups in total. The molecule has 126 valence electrons. The number of carbonyl (C=O) groups is 2. The van der Waals surface area contributed by atoms with Crippen LogP contribution in [0, 0.1) is 5.82 Å². The topological polar surface area (TPSA) is 67.4 Å². The van der Waals surface area contributed by atoms with Crippen molar-refractivity contribution in [3.05, 3.63) is 65.5 Å². The molecule has 0 bridgehead atoms. The summed E-state index contributed by atoms with van der Waals surface area (Å²) in [4.78, 5) is 23.7. The number of benzene rings is 2. The number of halogens is 1. The van der Waals surface area contributed by atoms with Crippen LogP contribution in [0.4, 0.5) is 4.39 Å². The standard InChI is InChI=1S/C18H19FN2O3/c1-2-24-15-10-7-14(8-11-15)18(23)21-20-17(22)12-9-13-5-3-4-6-16(13)19/h3-8,10-11H,2,9,12H2,1H3,(H,20,22)(H,21,23). The Morgan fingerprint density at radius 3 is 2.42 bits per heavy atom. The van der Waals surface area contributed by atoms with Gasteiger partial charge < -0.3 is 4.74 Å². The van der Waals surface area contributed by atoms with Crippen molar-refractivity contribution in [1.82, 2.24) is 10.9 Å². The van der Waals surface area contributed by atoms with Gasteiger partial charge in [0.1, 0.15) is 11.6 Å². The first kappa shape index (κ1) is 17.5. The van der Waals surface area contributed by atoms with Gasteiger partial charge in [0.25, 0.3) is 5.91 Å². The van der Waals surface area contributed by atoms with Crippen LogP contribution in [0.25, 0.3) is 0 Å². The van der Waals surface area contributed by atoms with Gasteiger partial charge in [-0.3, -0.25) is 20.4 Å². The Morgan fingerprint density at radius 2 is 1.75 bits per heavy atom. The van der Waals surface area contributed by atoms with Crippen molar-refractivity contribution in [2.24, 2.45) is 0 Å². The van der Waals surface area contributed by atoms with Gasteiger partial charge in [-0.1, -0.05) is 18.2 Å². The smallest absolute Gasteiger partial charge is 0.269 e. The number of hydrogen-bond donors (Lipinski definition) is 2. The molecule has 2 aromatic carbocycles. The largest absolute Gasteiger partial charge is 0.494 e. The number of hydrogen-bond acceptors (Lipinski definition) is 3. The number of carbonyl (C=O) groups excluding carboxylic acids is 2. The summed E-state index contributed by atoms with van der Waals surface area (Å²) in [6, 6.07) is 12.8. The second kappa shape index (κ2) is 8.67. The van der Waals surface area contributed by atoms with Gasteiger partial charge >= 0.3 is 0 Å². The number of rotatable bonds is 6. The average Bonchev–Trinajstić information content (AvgIpc) is 2.60. The quantitative estimate of drug-likeness (QED) is 0.800. The summed E-state index contributed by atoms with van der Waals surface area (Å²) in [7, 11) is 0. The fraction of sp³-hybridized carbons (Fsp3) is 0.222. The molecule has 0 saturated carbocycles.